The Morgan fingerprint density at radius 3 is 2.64 bits per heavy atom. The second-order valence-electron chi connectivity index (χ2n) is 3.67. The van der Waals surface area contributed by atoms with E-state index in [1.165, 1.54) is 11.3 Å². The molecule has 3 nitrogen and oxygen atoms in total. The number of carbonyl (C=O) groups is 1. The van der Waals surface area contributed by atoms with Gasteiger partial charge in [-0.1, -0.05) is 0 Å². The summed E-state index contributed by atoms with van der Waals surface area (Å²) < 4.78 is 0.939. The molecule has 78 valence electrons. The van der Waals surface area contributed by atoms with Crippen LogP contribution in [0.1, 0.15) is 24.8 Å². The molecule has 0 aliphatic rings. The number of carboxylic acid groups (broad SMARTS) is 1. The molecule has 1 heterocycles. The Morgan fingerprint density at radius 2 is 2.29 bits per heavy atom. The van der Waals surface area contributed by atoms with Crippen molar-refractivity contribution in [1.29, 1.82) is 0 Å². The second-order valence-corrected chi connectivity index (χ2v) is 5.53. The minimum Gasteiger partial charge on any atom is -0.481 e. The lowest BCUT2D eigenvalue weighted by molar-refractivity contribution is -0.148. The summed E-state index contributed by atoms with van der Waals surface area (Å²) >= 11 is 4.78. The Bertz CT molecular complexity index is 348. The first-order chi connectivity index (χ1) is 6.35. The van der Waals surface area contributed by atoms with E-state index in [4.69, 9.17) is 10.8 Å². The number of thiophene rings is 1. The van der Waals surface area contributed by atoms with Crippen LogP contribution in [0, 0.1) is 5.41 Å². The minimum absolute atomic E-state index is 0.476. The molecule has 5 heteroatoms. The van der Waals surface area contributed by atoms with Gasteiger partial charge in [0, 0.05) is 14.7 Å². The minimum atomic E-state index is -0.940. The van der Waals surface area contributed by atoms with Gasteiger partial charge in [-0.25, -0.2) is 0 Å². The lowest BCUT2D eigenvalue weighted by Crippen LogP contribution is -2.35. The van der Waals surface area contributed by atoms with Crippen LogP contribution in [0.3, 0.4) is 0 Å². The molecular weight excluding hydrogens is 266 g/mol. The zero-order chi connectivity index (χ0) is 10.9. The van der Waals surface area contributed by atoms with Crippen molar-refractivity contribution in [3.05, 3.63) is 20.8 Å². The van der Waals surface area contributed by atoms with Crippen LogP contribution < -0.4 is 5.73 Å². The van der Waals surface area contributed by atoms with Crippen LogP contribution in [0.5, 0.6) is 0 Å². The molecule has 0 saturated carbocycles. The molecule has 0 amide bonds. The summed E-state index contributed by atoms with van der Waals surface area (Å²) in [6, 6.07) is 1.39. The third-order valence-corrected chi connectivity index (χ3v) is 4.00. The van der Waals surface area contributed by atoms with E-state index in [0.29, 0.717) is 0 Å². The van der Waals surface area contributed by atoms with E-state index in [-0.39, 0.29) is 0 Å². The van der Waals surface area contributed by atoms with Gasteiger partial charge in [0.1, 0.15) is 0 Å². The second kappa shape index (κ2) is 4.00. The van der Waals surface area contributed by atoms with Gasteiger partial charge >= 0.3 is 5.97 Å². The summed E-state index contributed by atoms with van der Waals surface area (Å²) in [4.78, 5) is 11.8. The Hall–Kier alpha value is -0.390. The fraction of sp³-hybridized carbons (Fsp3) is 0.444. The van der Waals surface area contributed by atoms with Gasteiger partial charge in [-0.15, -0.1) is 11.3 Å². The summed E-state index contributed by atoms with van der Waals surface area (Å²) in [7, 11) is 0. The summed E-state index contributed by atoms with van der Waals surface area (Å²) in [5, 5.41) is 10.9. The largest absolute Gasteiger partial charge is 0.481 e. The van der Waals surface area contributed by atoms with Gasteiger partial charge in [0.25, 0.3) is 0 Å². The molecule has 1 rings (SSSR count). The van der Waals surface area contributed by atoms with Crippen molar-refractivity contribution in [2.75, 3.05) is 0 Å². The molecule has 0 aliphatic carbocycles. The zero-order valence-electron chi connectivity index (χ0n) is 7.95. The van der Waals surface area contributed by atoms with E-state index in [1.54, 1.807) is 13.8 Å². The molecule has 0 bridgehead atoms. The number of halogens is 1. The van der Waals surface area contributed by atoms with Gasteiger partial charge in [0.2, 0.25) is 0 Å². The number of hydrogen-bond acceptors (Lipinski definition) is 3. The van der Waals surface area contributed by atoms with Crippen molar-refractivity contribution < 1.29 is 9.90 Å². The lowest BCUT2D eigenvalue weighted by Gasteiger charge is -2.25. The molecule has 0 aromatic carbocycles. The zero-order valence-corrected chi connectivity index (χ0v) is 10.4. The van der Waals surface area contributed by atoms with Crippen LogP contribution >= 0.6 is 27.3 Å². The maximum atomic E-state index is 11.0. The van der Waals surface area contributed by atoms with E-state index in [1.807, 2.05) is 11.4 Å². The van der Waals surface area contributed by atoms with Crippen LogP contribution in [-0.2, 0) is 4.79 Å². The number of hydrogen-bond donors (Lipinski definition) is 2. The summed E-state index contributed by atoms with van der Waals surface area (Å²) in [6.45, 7) is 3.27. The molecule has 0 saturated heterocycles. The Morgan fingerprint density at radius 1 is 1.71 bits per heavy atom. The highest BCUT2D eigenvalue weighted by Crippen LogP contribution is 2.35. The number of aliphatic carboxylic acids is 1. The van der Waals surface area contributed by atoms with Crippen molar-refractivity contribution in [2.24, 2.45) is 11.1 Å². The van der Waals surface area contributed by atoms with E-state index in [2.05, 4.69) is 15.9 Å². The predicted octanol–water partition coefficient (Wildman–Crippen LogP) is 2.62. The molecule has 0 radical (unpaired) electrons. The molecule has 3 N–H and O–H groups in total. The van der Waals surface area contributed by atoms with E-state index in [9.17, 15) is 4.79 Å². The first-order valence-corrected chi connectivity index (χ1v) is 5.76. The molecule has 0 spiro atoms. The van der Waals surface area contributed by atoms with E-state index in [0.717, 1.165) is 9.35 Å². The monoisotopic (exact) mass is 277 g/mol. The Kier molecular flexibility index (Phi) is 3.34. The lowest BCUT2D eigenvalue weighted by atomic mass is 9.84. The van der Waals surface area contributed by atoms with Gasteiger partial charge < -0.3 is 10.8 Å². The molecule has 1 aromatic heterocycles. The SMILES string of the molecule is CC(C)(C(=O)O)C(N)c1cc(Br)cs1. The summed E-state index contributed by atoms with van der Waals surface area (Å²) in [5.74, 6) is -0.880. The van der Waals surface area contributed by atoms with Gasteiger partial charge in [-0.05, 0) is 35.8 Å². The normalized spacial score (nSPS) is 14.0. The molecule has 14 heavy (non-hydrogen) atoms. The van der Waals surface area contributed by atoms with Crippen molar-refractivity contribution in [1.82, 2.24) is 0 Å². The number of rotatable bonds is 3. The maximum Gasteiger partial charge on any atom is 0.311 e. The molecular formula is C9H12BrNO2S. The highest BCUT2D eigenvalue weighted by molar-refractivity contribution is 9.10. The average Bonchev–Trinajstić information content (AvgIpc) is 2.50. The van der Waals surface area contributed by atoms with Crippen LogP contribution in [-0.4, -0.2) is 11.1 Å². The quantitative estimate of drug-likeness (QED) is 0.893. The van der Waals surface area contributed by atoms with Crippen LogP contribution in [0.15, 0.2) is 15.9 Å². The topological polar surface area (TPSA) is 63.3 Å². The van der Waals surface area contributed by atoms with Gasteiger partial charge in [0.05, 0.1) is 11.5 Å². The highest BCUT2D eigenvalue weighted by atomic mass is 79.9. The molecule has 1 unspecified atom stereocenters. The first kappa shape index (κ1) is 11.7. The Labute approximate surface area is 95.1 Å². The Balaban J connectivity index is 2.95. The van der Waals surface area contributed by atoms with Gasteiger partial charge in [0.15, 0.2) is 0 Å². The fourth-order valence-corrected chi connectivity index (χ4v) is 2.61. The van der Waals surface area contributed by atoms with Gasteiger partial charge in [-0.3, -0.25) is 4.79 Å². The van der Waals surface area contributed by atoms with E-state index < -0.39 is 17.4 Å². The third kappa shape index (κ3) is 2.16. The molecule has 0 fully saturated rings. The standard InChI is InChI=1S/C9H12BrNO2S/c1-9(2,8(12)13)7(11)6-3-5(10)4-14-6/h3-4,7H,11H2,1-2H3,(H,12,13). The van der Waals surface area contributed by atoms with Crippen molar-refractivity contribution in [2.45, 2.75) is 19.9 Å². The first-order valence-electron chi connectivity index (χ1n) is 4.08. The van der Waals surface area contributed by atoms with Crippen LogP contribution in [0.2, 0.25) is 0 Å². The predicted molar refractivity (Wildman–Crippen MR) is 60.4 cm³/mol. The highest BCUT2D eigenvalue weighted by Gasteiger charge is 2.36. The van der Waals surface area contributed by atoms with Crippen molar-refractivity contribution in [3.8, 4) is 0 Å². The number of nitrogens with two attached hydrogens (primary N) is 1. The number of carboxylic acids is 1. The van der Waals surface area contributed by atoms with Crippen molar-refractivity contribution in [3.63, 3.8) is 0 Å². The van der Waals surface area contributed by atoms with Crippen LogP contribution in [0.25, 0.3) is 0 Å². The molecule has 1 atom stereocenters. The third-order valence-electron chi connectivity index (χ3n) is 2.22. The average molecular weight is 278 g/mol. The van der Waals surface area contributed by atoms with Gasteiger partial charge in [-0.2, -0.15) is 0 Å². The smallest absolute Gasteiger partial charge is 0.311 e. The summed E-state index contributed by atoms with van der Waals surface area (Å²) in [6.07, 6.45) is 0. The maximum absolute atomic E-state index is 11.0. The van der Waals surface area contributed by atoms with E-state index >= 15 is 0 Å². The molecule has 0 aliphatic heterocycles. The van der Waals surface area contributed by atoms with Crippen molar-refractivity contribution >= 4 is 33.2 Å². The molecule has 1 aromatic rings. The van der Waals surface area contributed by atoms with Crippen LogP contribution in [0.4, 0.5) is 0 Å². The fourth-order valence-electron chi connectivity index (χ4n) is 0.980. The summed E-state index contributed by atoms with van der Waals surface area (Å²) in [5.41, 5.74) is 4.96.